The Morgan fingerprint density at radius 3 is 2.88 bits per heavy atom. The minimum atomic E-state index is -0.645. The lowest BCUT2D eigenvalue weighted by Crippen LogP contribution is -2.13. The van der Waals surface area contributed by atoms with Crippen molar-refractivity contribution in [1.29, 1.82) is 0 Å². The van der Waals surface area contributed by atoms with Crippen LogP contribution in [0.15, 0.2) is 36.4 Å². The van der Waals surface area contributed by atoms with E-state index in [0.717, 1.165) is 10.8 Å². The van der Waals surface area contributed by atoms with Crippen LogP contribution in [0.5, 0.6) is 5.75 Å². The summed E-state index contributed by atoms with van der Waals surface area (Å²) in [7, 11) is 0. The van der Waals surface area contributed by atoms with Crippen molar-refractivity contribution in [2.75, 3.05) is 11.9 Å². The second kappa shape index (κ2) is 7.04. The lowest BCUT2D eigenvalue weighted by Gasteiger charge is -2.03. The Morgan fingerprint density at radius 2 is 2.16 bits per heavy atom. The molecule has 0 fully saturated rings. The van der Waals surface area contributed by atoms with Gasteiger partial charge in [0.1, 0.15) is 11.3 Å². The number of carbonyl (C=O) groups is 1. The molecule has 0 atom stereocenters. The SMILES string of the molecule is CCOc1ccc2nc(NC(=O)c3ccc(Cl)cc3[N+](=O)[O-])sc2c1. The second-order valence-corrected chi connectivity index (χ2v) is 6.42. The van der Waals surface area contributed by atoms with Gasteiger partial charge in [0.15, 0.2) is 5.13 Å². The van der Waals surface area contributed by atoms with Crippen molar-refractivity contribution in [3.8, 4) is 5.75 Å². The number of anilines is 1. The van der Waals surface area contributed by atoms with Crippen molar-refractivity contribution in [1.82, 2.24) is 4.98 Å². The number of hydrogen-bond donors (Lipinski definition) is 1. The topological polar surface area (TPSA) is 94.4 Å². The molecule has 0 aliphatic heterocycles. The molecular formula is C16H12ClN3O4S. The molecule has 0 aliphatic carbocycles. The zero-order valence-corrected chi connectivity index (χ0v) is 14.6. The maximum Gasteiger partial charge on any atom is 0.283 e. The van der Waals surface area contributed by atoms with Crippen LogP contribution < -0.4 is 10.1 Å². The fourth-order valence-corrected chi connectivity index (χ4v) is 3.28. The van der Waals surface area contributed by atoms with E-state index < -0.39 is 10.8 Å². The van der Waals surface area contributed by atoms with Crippen molar-refractivity contribution in [3.63, 3.8) is 0 Å². The van der Waals surface area contributed by atoms with Crippen LogP contribution >= 0.6 is 22.9 Å². The number of nitro benzene ring substituents is 1. The molecular weight excluding hydrogens is 366 g/mol. The van der Waals surface area contributed by atoms with E-state index in [1.807, 2.05) is 13.0 Å². The third-order valence-corrected chi connectivity index (χ3v) is 4.46. The Labute approximate surface area is 151 Å². The van der Waals surface area contributed by atoms with Crippen LogP contribution in [0.1, 0.15) is 17.3 Å². The highest BCUT2D eigenvalue weighted by molar-refractivity contribution is 7.22. The third kappa shape index (κ3) is 3.70. The summed E-state index contributed by atoms with van der Waals surface area (Å²) in [6.45, 7) is 2.44. The van der Waals surface area contributed by atoms with Gasteiger partial charge in [-0.1, -0.05) is 22.9 Å². The predicted molar refractivity (Wildman–Crippen MR) is 96.8 cm³/mol. The highest BCUT2D eigenvalue weighted by Gasteiger charge is 2.21. The number of aromatic nitrogens is 1. The molecule has 0 radical (unpaired) electrons. The zero-order valence-electron chi connectivity index (χ0n) is 13.0. The average molecular weight is 378 g/mol. The quantitative estimate of drug-likeness (QED) is 0.521. The number of ether oxygens (including phenoxy) is 1. The average Bonchev–Trinajstić information content (AvgIpc) is 2.96. The smallest absolute Gasteiger partial charge is 0.283 e. The lowest BCUT2D eigenvalue weighted by atomic mass is 10.1. The summed E-state index contributed by atoms with van der Waals surface area (Å²) in [6.07, 6.45) is 0. The lowest BCUT2D eigenvalue weighted by molar-refractivity contribution is -0.385. The number of halogens is 1. The molecule has 3 aromatic rings. The Bertz CT molecular complexity index is 973. The summed E-state index contributed by atoms with van der Waals surface area (Å²) in [5, 5.41) is 14.2. The van der Waals surface area contributed by atoms with Gasteiger partial charge in [-0.3, -0.25) is 20.2 Å². The largest absolute Gasteiger partial charge is 0.494 e. The van der Waals surface area contributed by atoms with Crippen molar-refractivity contribution in [2.24, 2.45) is 0 Å². The van der Waals surface area contributed by atoms with Crippen molar-refractivity contribution in [2.45, 2.75) is 6.92 Å². The second-order valence-electron chi connectivity index (χ2n) is 4.95. The molecule has 0 unspecified atom stereocenters. The Kier molecular flexibility index (Phi) is 4.82. The first kappa shape index (κ1) is 17.1. The van der Waals surface area contributed by atoms with Crippen molar-refractivity contribution >= 4 is 49.9 Å². The highest BCUT2D eigenvalue weighted by atomic mass is 35.5. The van der Waals surface area contributed by atoms with Gasteiger partial charge in [0.2, 0.25) is 0 Å². The standard InChI is InChI=1S/C16H12ClN3O4S/c1-2-24-10-4-6-12-14(8-10)25-16(18-12)19-15(21)11-5-3-9(17)7-13(11)20(22)23/h3-8H,2H2,1H3,(H,18,19,21). The monoisotopic (exact) mass is 377 g/mol. The van der Waals surface area contributed by atoms with E-state index >= 15 is 0 Å². The number of hydrogen-bond acceptors (Lipinski definition) is 6. The highest BCUT2D eigenvalue weighted by Crippen LogP contribution is 2.30. The van der Waals surface area contributed by atoms with Gasteiger partial charge in [-0.05, 0) is 37.3 Å². The van der Waals surface area contributed by atoms with E-state index in [-0.39, 0.29) is 16.3 Å². The van der Waals surface area contributed by atoms with E-state index in [2.05, 4.69) is 10.3 Å². The molecule has 25 heavy (non-hydrogen) atoms. The molecule has 7 nitrogen and oxygen atoms in total. The molecule has 0 saturated carbocycles. The third-order valence-electron chi connectivity index (χ3n) is 3.29. The summed E-state index contributed by atoms with van der Waals surface area (Å²) in [4.78, 5) is 27.2. The van der Waals surface area contributed by atoms with Gasteiger partial charge in [-0.25, -0.2) is 4.98 Å². The molecule has 128 valence electrons. The van der Waals surface area contributed by atoms with E-state index in [1.165, 1.54) is 23.5 Å². The van der Waals surface area contributed by atoms with Crippen molar-refractivity contribution in [3.05, 3.63) is 57.1 Å². The summed E-state index contributed by atoms with van der Waals surface area (Å²) in [6, 6.07) is 9.30. The molecule has 2 aromatic carbocycles. The van der Waals surface area contributed by atoms with Gasteiger partial charge in [0.25, 0.3) is 11.6 Å². The number of nitrogens with zero attached hydrogens (tertiary/aromatic N) is 2. The van der Waals surface area contributed by atoms with Crippen LogP contribution in [0, 0.1) is 10.1 Å². The summed E-state index contributed by atoms with van der Waals surface area (Å²) in [5.74, 6) is 0.0947. The number of fused-ring (bicyclic) bond motifs is 1. The number of amides is 1. The Balaban J connectivity index is 1.88. The zero-order chi connectivity index (χ0) is 18.0. The number of benzene rings is 2. The predicted octanol–water partition coefficient (Wildman–Crippen LogP) is 4.51. The van der Waals surface area contributed by atoms with Gasteiger partial charge in [0, 0.05) is 11.1 Å². The van der Waals surface area contributed by atoms with Crippen LogP contribution in [0.2, 0.25) is 5.02 Å². The summed E-state index contributed by atoms with van der Waals surface area (Å²) in [5.41, 5.74) is 0.266. The minimum Gasteiger partial charge on any atom is -0.494 e. The minimum absolute atomic E-state index is 0.0799. The summed E-state index contributed by atoms with van der Waals surface area (Å²) >= 11 is 7.02. The molecule has 0 saturated heterocycles. The van der Waals surface area contributed by atoms with Gasteiger partial charge in [0.05, 0.1) is 21.7 Å². The van der Waals surface area contributed by atoms with Crippen LogP contribution in [0.25, 0.3) is 10.2 Å². The first-order chi connectivity index (χ1) is 12.0. The number of thiazole rings is 1. The maximum atomic E-state index is 12.4. The van der Waals surface area contributed by atoms with Crippen molar-refractivity contribution < 1.29 is 14.5 Å². The van der Waals surface area contributed by atoms with Gasteiger partial charge < -0.3 is 4.74 Å². The molecule has 0 aliphatic rings. The van der Waals surface area contributed by atoms with E-state index in [9.17, 15) is 14.9 Å². The number of carbonyl (C=O) groups excluding carboxylic acids is 1. The summed E-state index contributed by atoms with van der Waals surface area (Å²) < 4.78 is 6.27. The molecule has 1 amide bonds. The molecule has 1 N–H and O–H groups in total. The molecule has 0 bridgehead atoms. The normalized spacial score (nSPS) is 10.6. The van der Waals surface area contributed by atoms with E-state index in [4.69, 9.17) is 16.3 Å². The number of rotatable bonds is 5. The maximum absolute atomic E-state index is 12.4. The van der Waals surface area contributed by atoms with Crippen LogP contribution in [-0.2, 0) is 0 Å². The molecule has 0 spiro atoms. The fraction of sp³-hybridized carbons (Fsp3) is 0.125. The first-order valence-corrected chi connectivity index (χ1v) is 8.46. The molecule has 9 heteroatoms. The Morgan fingerprint density at radius 1 is 1.36 bits per heavy atom. The first-order valence-electron chi connectivity index (χ1n) is 7.26. The van der Waals surface area contributed by atoms with Crippen LogP contribution in [0.4, 0.5) is 10.8 Å². The number of nitrogens with one attached hydrogen (secondary N) is 1. The van der Waals surface area contributed by atoms with Crippen LogP contribution in [-0.4, -0.2) is 22.4 Å². The fourth-order valence-electron chi connectivity index (χ4n) is 2.23. The van der Waals surface area contributed by atoms with E-state index in [1.54, 1.807) is 12.1 Å². The molecule has 1 heterocycles. The van der Waals surface area contributed by atoms with Gasteiger partial charge in [-0.2, -0.15) is 0 Å². The Hall–Kier alpha value is -2.71. The molecule has 3 rings (SSSR count). The van der Waals surface area contributed by atoms with Gasteiger partial charge >= 0.3 is 0 Å². The molecule has 1 aromatic heterocycles. The van der Waals surface area contributed by atoms with E-state index in [0.29, 0.717) is 23.0 Å². The van der Waals surface area contributed by atoms with Gasteiger partial charge in [-0.15, -0.1) is 0 Å². The number of nitro groups is 1. The van der Waals surface area contributed by atoms with Crippen LogP contribution in [0.3, 0.4) is 0 Å².